The molecular weight excluding hydrogens is 403 g/mol. The summed E-state index contributed by atoms with van der Waals surface area (Å²) in [6.07, 6.45) is 0. The number of amides is 1. The lowest BCUT2D eigenvalue weighted by Gasteiger charge is -2.15. The Balaban J connectivity index is 1.91. The lowest BCUT2D eigenvalue weighted by Crippen LogP contribution is -2.33. The number of anilines is 1. The van der Waals surface area contributed by atoms with Crippen molar-refractivity contribution in [2.75, 3.05) is 5.32 Å². The Morgan fingerprint density at radius 2 is 1.90 bits per heavy atom. The second kappa shape index (κ2) is 8.19. The Kier molecular flexibility index (Phi) is 5.69. The van der Waals surface area contributed by atoms with Crippen molar-refractivity contribution in [3.8, 4) is 11.3 Å². The van der Waals surface area contributed by atoms with Gasteiger partial charge >= 0.3 is 0 Å². The smallest absolute Gasteiger partial charge is 0.292 e. The predicted octanol–water partition coefficient (Wildman–Crippen LogP) is 3.81. The van der Waals surface area contributed by atoms with Crippen LogP contribution in [0.15, 0.2) is 59.4 Å². The first-order chi connectivity index (χ1) is 13.8. The molecule has 29 heavy (non-hydrogen) atoms. The maximum atomic E-state index is 13.1. The molecule has 1 aromatic heterocycles. The second-order valence-electron chi connectivity index (χ2n) is 6.09. The number of rotatable bonds is 5. The number of hydrogen-bond acceptors (Lipinski definition) is 5. The average Bonchev–Trinajstić information content (AvgIpc) is 2.68. The molecule has 8 nitrogen and oxygen atoms in total. The van der Waals surface area contributed by atoms with E-state index in [1.165, 1.54) is 61.5 Å². The standard InChI is InChI=1S/C19H14ClFN4O4/c1-11(19(27)22-16-10-13(20)4-8-17(16)25(28)29)24-18(26)9-7-15(23-24)12-2-5-14(21)6-3-12/h2-11H,1H3,(H,22,27). The topological polar surface area (TPSA) is 107 Å². The van der Waals surface area contributed by atoms with Gasteiger partial charge in [0.05, 0.1) is 10.6 Å². The van der Waals surface area contributed by atoms with Gasteiger partial charge in [0.25, 0.3) is 11.2 Å². The number of nitro benzene ring substituents is 1. The number of benzene rings is 2. The zero-order valence-electron chi connectivity index (χ0n) is 15.0. The van der Waals surface area contributed by atoms with Crippen LogP contribution < -0.4 is 10.9 Å². The highest BCUT2D eigenvalue weighted by Crippen LogP contribution is 2.28. The van der Waals surface area contributed by atoms with E-state index >= 15 is 0 Å². The Hall–Kier alpha value is -3.59. The van der Waals surface area contributed by atoms with E-state index in [0.29, 0.717) is 11.3 Å². The molecule has 3 rings (SSSR count). The maximum absolute atomic E-state index is 13.1. The molecule has 1 atom stereocenters. The number of carbonyl (C=O) groups is 1. The number of halogens is 2. The largest absolute Gasteiger partial charge is 0.318 e. The third-order valence-electron chi connectivity index (χ3n) is 4.12. The summed E-state index contributed by atoms with van der Waals surface area (Å²) in [7, 11) is 0. The average molecular weight is 417 g/mol. The van der Waals surface area contributed by atoms with E-state index in [2.05, 4.69) is 10.4 Å². The summed E-state index contributed by atoms with van der Waals surface area (Å²) in [4.78, 5) is 35.3. The first-order valence-corrected chi connectivity index (χ1v) is 8.74. The normalized spacial score (nSPS) is 11.7. The van der Waals surface area contributed by atoms with Crippen LogP contribution in [0.4, 0.5) is 15.8 Å². The molecule has 148 valence electrons. The monoisotopic (exact) mass is 416 g/mol. The minimum Gasteiger partial charge on any atom is -0.318 e. The summed E-state index contributed by atoms with van der Waals surface area (Å²) in [5, 5.41) is 17.9. The number of nitrogens with one attached hydrogen (secondary N) is 1. The molecule has 1 unspecified atom stereocenters. The van der Waals surface area contributed by atoms with E-state index in [0.717, 1.165) is 4.68 Å². The molecule has 0 aliphatic heterocycles. The summed E-state index contributed by atoms with van der Waals surface area (Å²) < 4.78 is 14.1. The van der Waals surface area contributed by atoms with Crippen molar-refractivity contribution in [3.63, 3.8) is 0 Å². The van der Waals surface area contributed by atoms with Crippen molar-refractivity contribution >= 4 is 28.9 Å². The van der Waals surface area contributed by atoms with Crippen LogP contribution in [-0.4, -0.2) is 20.6 Å². The fourth-order valence-corrected chi connectivity index (χ4v) is 2.77. The molecule has 0 fully saturated rings. The molecule has 0 radical (unpaired) electrons. The quantitative estimate of drug-likeness (QED) is 0.502. The molecule has 1 amide bonds. The predicted molar refractivity (Wildman–Crippen MR) is 105 cm³/mol. The zero-order valence-corrected chi connectivity index (χ0v) is 15.8. The van der Waals surface area contributed by atoms with Gasteiger partial charge in [0.15, 0.2) is 0 Å². The molecule has 1 N–H and O–H groups in total. The van der Waals surface area contributed by atoms with Gasteiger partial charge in [-0.05, 0) is 49.4 Å². The Morgan fingerprint density at radius 3 is 2.55 bits per heavy atom. The highest BCUT2D eigenvalue weighted by Gasteiger charge is 2.22. The molecule has 3 aromatic rings. The number of nitro groups is 1. The number of carbonyl (C=O) groups excluding carboxylic acids is 1. The number of hydrogen-bond donors (Lipinski definition) is 1. The van der Waals surface area contributed by atoms with E-state index in [4.69, 9.17) is 11.6 Å². The molecule has 0 saturated heterocycles. The van der Waals surface area contributed by atoms with Crippen LogP contribution in [0, 0.1) is 15.9 Å². The van der Waals surface area contributed by atoms with Crippen molar-refractivity contribution in [2.24, 2.45) is 0 Å². The van der Waals surface area contributed by atoms with Crippen LogP contribution in [0.3, 0.4) is 0 Å². The van der Waals surface area contributed by atoms with Crippen molar-refractivity contribution in [1.29, 1.82) is 0 Å². The minimum absolute atomic E-state index is 0.0953. The summed E-state index contributed by atoms with van der Waals surface area (Å²) in [6, 6.07) is 10.8. The summed E-state index contributed by atoms with van der Waals surface area (Å²) in [5.74, 6) is -1.11. The van der Waals surface area contributed by atoms with Gasteiger partial charge in [-0.25, -0.2) is 9.07 Å². The molecule has 0 saturated carbocycles. The minimum atomic E-state index is -1.08. The van der Waals surface area contributed by atoms with Crippen LogP contribution in [0.1, 0.15) is 13.0 Å². The van der Waals surface area contributed by atoms with Gasteiger partial charge in [-0.15, -0.1) is 0 Å². The SMILES string of the molecule is CC(C(=O)Nc1cc(Cl)ccc1[N+](=O)[O-])n1nc(-c2ccc(F)cc2)ccc1=O. The summed E-state index contributed by atoms with van der Waals surface area (Å²) in [5.41, 5.74) is -0.0623. The van der Waals surface area contributed by atoms with Crippen LogP contribution in [0.2, 0.25) is 5.02 Å². The third-order valence-corrected chi connectivity index (χ3v) is 4.36. The highest BCUT2D eigenvalue weighted by atomic mass is 35.5. The van der Waals surface area contributed by atoms with E-state index in [-0.39, 0.29) is 16.4 Å². The Morgan fingerprint density at radius 1 is 1.21 bits per heavy atom. The van der Waals surface area contributed by atoms with Crippen LogP contribution in [0.25, 0.3) is 11.3 Å². The van der Waals surface area contributed by atoms with Gasteiger partial charge in [-0.2, -0.15) is 5.10 Å². The molecule has 2 aromatic carbocycles. The fourth-order valence-electron chi connectivity index (χ4n) is 2.59. The molecule has 1 heterocycles. The van der Waals surface area contributed by atoms with Crippen LogP contribution in [0.5, 0.6) is 0 Å². The first-order valence-electron chi connectivity index (χ1n) is 8.37. The Bertz CT molecular complexity index is 1150. The molecule has 0 bridgehead atoms. The number of nitrogens with zero attached hydrogens (tertiary/aromatic N) is 3. The third kappa shape index (κ3) is 4.46. The van der Waals surface area contributed by atoms with Crippen molar-refractivity contribution in [1.82, 2.24) is 9.78 Å². The van der Waals surface area contributed by atoms with Crippen molar-refractivity contribution < 1.29 is 14.1 Å². The van der Waals surface area contributed by atoms with Gasteiger partial charge in [0.1, 0.15) is 17.5 Å². The molecule has 10 heteroatoms. The zero-order chi connectivity index (χ0) is 21.1. The van der Waals surface area contributed by atoms with Gasteiger partial charge < -0.3 is 5.32 Å². The van der Waals surface area contributed by atoms with Gasteiger partial charge in [-0.1, -0.05) is 11.6 Å². The molecule has 0 aliphatic carbocycles. The lowest BCUT2D eigenvalue weighted by atomic mass is 10.1. The van der Waals surface area contributed by atoms with E-state index in [1.54, 1.807) is 0 Å². The molecule has 0 spiro atoms. The van der Waals surface area contributed by atoms with Gasteiger partial charge in [0.2, 0.25) is 5.91 Å². The molecule has 0 aliphatic rings. The van der Waals surface area contributed by atoms with Crippen molar-refractivity contribution in [2.45, 2.75) is 13.0 Å². The van der Waals surface area contributed by atoms with Crippen LogP contribution in [-0.2, 0) is 4.79 Å². The first kappa shape index (κ1) is 20.2. The summed E-state index contributed by atoms with van der Waals surface area (Å²) in [6.45, 7) is 1.43. The lowest BCUT2D eigenvalue weighted by molar-refractivity contribution is -0.383. The summed E-state index contributed by atoms with van der Waals surface area (Å²) >= 11 is 5.86. The van der Waals surface area contributed by atoms with E-state index in [1.807, 2.05) is 0 Å². The highest BCUT2D eigenvalue weighted by molar-refractivity contribution is 6.31. The fraction of sp³-hybridized carbons (Fsp3) is 0.105. The molecular formula is C19H14ClFN4O4. The van der Waals surface area contributed by atoms with Crippen molar-refractivity contribution in [3.05, 3.63) is 85.9 Å². The van der Waals surface area contributed by atoms with Crippen LogP contribution >= 0.6 is 11.6 Å². The maximum Gasteiger partial charge on any atom is 0.292 e. The number of aromatic nitrogens is 2. The van der Waals surface area contributed by atoms with E-state index < -0.39 is 28.2 Å². The van der Waals surface area contributed by atoms with E-state index in [9.17, 15) is 24.1 Å². The Labute approximate surface area is 168 Å². The second-order valence-corrected chi connectivity index (χ2v) is 6.53. The van der Waals surface area contributed by atoms with Gasteiger partial charge in [-0.3, -0.25) is 19.7 Å². The van der Waals surface area contributed by atoms with Gasteiger partial charge in [0, 0.05) is 22.7 Å².